The van der Waals surface area contributed by atoms with Crippen LogP contribution < -0.4 is 0 Å². The molecule has 3 heterocycles. The smallest absolute Gasteiger partial charge is 0.329 e. The van der Waals surface area contributed by atoms with Gasteiger partial charge in [-0.15, -0.1) is 0 Å². The highest BCUT2D eigenvalue weighted by Gasteiger charge is 2.56. The van der Waals surface area contributed by atoms with Crippen molar-refractivity contribution in [3.63, 3.8) is 0 Å². The van der Waals surface area contributed by atoms with E-state index in [2.05, 4.69) is 16.9 Å². The number of cyclic esters (lactones) is 1. The molecule has 1 saturated carbocycles. The minimum Gasteiger partial charge on any atom is -0.456 e. The molecule has 13 atom stereocenters. The van der Waals surface area contributed by atoms with E-state index in [1.54, 1.807) is 14.0 Å². The number of rotatable bonds is 6. The molecule has 0 aromatic carbocycles. The highest BCUT2D eigenvalue weighted by molar-refractivity contribution is 6.39. The number of piperidine rings is 1. The van der Waals surface area contributed by atoms with Crippen LogP contribution in [0.1, 0.15) is 119 Å². The molecule has 0 aromatic heterocycles. The van der Waals surface area contributed by atoms with E-state index in [4.69, 9.17) is 24.5 Å². The van der Waals surface area contributed by atoms with Crippen LogP contribution in [0.3, 0.4) is 0 Å². The Morgan fingerprint density at radius 1 is 1.05 bits per heavy atom. The average Bonchev–Trinajstić information content (AvgIpc) is 3.17. The number of carbonyl (C=O) groups is 4. The van der Waals surface area contributed by atoms with Crippen molar-refractivity contribution in [2.24, 2.45) is 34.7 Å². The Morgan fingerprint density at radius 3 is 2.39 bits per heavy atom. The minimum atomic E-state index is -2.48. The Bertz CT molecular complexity index is 1510. The summed E-state index contributed by atoms with van der Waals surface area (Å²) in [7, 11) is 3.08. The summed E-state index contributed by atoms with van der Waals surface area (Å²) in [5, 5.41) is 26.4. The Balaban J connectivity index is 1.73. The first-order valence-electron chi connectivity index (χ1n) is 20.7. The Kier molecular flexibility index (Phi) is 16.7. The van der Waals surface area contributed by atoms with Crippen molar-refractivity contribution in [1.29, 1.82) is 0 Å². The molecular weight excluding hydrogens is 720 g/mol. The number of esters is 1. The molecule has 4 rings (SSSR count). The van der Waals surface area contributed by atoms with Gasteiger partial charge in [-0.1, -0.05) is 50.5 Å². The predicted octanol–water partition coefficient (Wildman–Crippen LogP) is 6.17. The van der Waals surface area contributed by atoms with Gasteiger partial charge in [-0.2, -0.15) is 0 Å². The first-order chi connectivity index (χ1) is 26.6. The molecule has 56 heavy (non-hydrogen) atoms. The summed E-state index contributed by atoms with van der Waals surface area (Å²) >= 11 is 0. The summed E-state index contributed by atoms with van der Waals surface area (Å²) < 4.78 is 24.3. The van der Waals surface area contributed by atoms with Gasteiger partial charge >= 0.3 is 5.97 Å². The lowest BCUT2D eigenvalue weighted by Gasteiger charge is -2.47. The summed E-state index contributed by atoms with van der Waals surface area (Å²) in [5.74, 6) is -6.56. The number of aliphatic hydroxyl groups excluding tert-OH is 1. The number of ether oxygens (including phenoxy) is 4. The number of allylic oxidation sites excluding steroid dienone is 3. The van der Waals surface area contributed by atoms with Crippen LogP contribution in [0.15, 0.2) is 28.4 Å². The number of ketones is 2. The fraction of sp³-hybridized carbons (Fsp3) is 0.810. The van der Waals surface area contributed by atoms with Gasteiger partial charge in [0.15, 0.2) is 0 Å². The molecule has 2 N–H and O–H groups in total. The highest BCUT2D eigenvalue weighted by Crippen LogP contribution is 2.39. The van der Waals surface area contributed by atoms with Gasteiger partial charge in [0.2, 0.25) is 5.79 Å². The third-order valence-electron chi connectivity index (χ3n) is 12.7. The predicted molar refractivity (Wildman–Crippen MR) is 209 cm³/mol. The lowest BCUT2D eigenvalue weighted by Crippen LogP contribution is -2.64. The number of Topliss-reactive ketones (excluding diaryl/α,β-unsaturated/α-hetero) is 2. The molecule has 3 fully saturated rings. The van der Waals surface area contributed by atoms with Crippen LogP contribution in [0.25, 0.3) is 10.4 Å². The van der Waals surface area contributed by atoms with E-state index in [0.29, 0.717) is 57.8 Å². The molecule has 1 aliphatic carbocycles. The number of hydrogen-bond donors (Lipinski definition) is 2. The van der Waals surface area contributed by atoms with Crippen LogP contribution in [-0.2, 0) is 38.1 Å². The summed E-state index contributed by atoms with van der Waals surface area (Å²) in [6, 6.07) is -1.57. The van der Waals surface area contributed by atoms with Crippen molar-refractivity contribution in [3.8, 4) is 0 Å². The van der Waals surface area contributed by atoms with Gasteiger partial charge in [0, 0.05) is 43.9 Å². The maximum absolute atomic E-state index is 14.2. The summed E-state index contributed by atoms with van der Waals surface area (Å²) in [6.07, 6.45) is 6.29. The molecule has 0 spiro atoms. The maximum atomic E-state index is 14.2. The van der Waals surface area contributed by atoms with Crippen LogP contribution in [0.2, 0.25) is 0 Å². The van der Waals surface area contributed by atoms with E-state index in [1.165, 1.54) is 12.0 Å². The molecule has 3 aliphatic heterocycles. The Morgan fingerprint density at radius 2 is 1.75 bits per heavy atom. The standard InChI is InChI=1S/C42H66N4O10/c1-9-30-19-24(2)18-25(3)20-35(53-7)38-36(54-8)22-28(6)42(52,56-38)39(49)40(50)46-17-11-10-12-32(46)41(51)55-37(26(4)13-16-33(30)47)27(5)21-29-14-15-31(44-45-43)34(48)23-29/h19,21,25-26,28-32,34-38,48,52H,9-18,20,22-23H2,1-8H3. The van der Waals surface area contributed by atoms with Crippen LogP contribution >= 0.6 is 0 Å². The first-order valence-corrected chi connectivity index (χ1v) is 20.7. The van der Waals surface area contributed by atoms with E-state index in [0.717, 1.165) is 11.1 Å². The maximum Gasteiger partial charge on any atom is 0.329 e. The molecule has 4 aliphatic rings. The van der Waals surface area contributed by atoms with Crippen molar-refractivity contribution in [2.45, 2.75) is 167 Å². The molecule has 0 aromatic rings. The van der Waals surface area contributed by atoms with Gasteiger partial charge in [-0.3, -0.25) is 14.4 Å². The normalized spacial score (nSPS) is 39.1. The lowest BCUT2D eigenvalue weighted by molar-refractivity contribution is -0.302. The van der Waals surface area contributed by atoms with Crippen LogP contribution in [0, 0.1) is 29.6 Å². The quantitative estimate of drug-likeness (QED) is 0.0785. The number of methoxy groups -OCH3 is 2. The topological polar surface area (TPSA) is 198 Å². The number of fused-ring (bicyclic) bond motifs is 3. The molecular formula is C42H66N4O10. The zero-order chi connectivity index (χ0) is 41.3. The zero-order valence-corrected chi connectivity index (χ0v) is 34.7. The minimum absolute atomic E-state index is 0.0596. The van der Waals surface area contributed by atoms with Gasteiger partial charge in [0.1, 0.15) is 24.0 Å². The molecule has 2 bridgehead atoms. The molecule has 314 valence electrons. The summed E-state index contributed by atoms with van der Waals surface area (Å²) in [6.45, 7) is 11.7. The molecule has 14 nitrogen and oxygen atoms in total. The van der Waals surface area contributed by atoms with Crippen molar-refractivity contribution < 1.29 is 48.3 Å². The fourth-order valence-electron chi connectivity index (χ4n) is 9.36. The molecule has 1 amide bonds. The van der Waals surface area contributed by atoms with E-state index in [1.807, 2.05) is 39.8 Å². The zero-order valence-electron chi connectivity index (χ0n) is 34.7. The second-order valence-electron chi connectivity index (χ2n) is 17.0. The number of aliphatic hydroxyl groups is 2. The van der Waals surface area contributed by atoms with Gasteiger partial charge < -0.3 is 34.1 Å². The monoisotopic (exact) mass is 786 g/mol. The van der Waals surface area contributed by atoms with Gasteiger partial charge in [-0.25, -0.2) is 4.79 Å². The second kappa shape index (κ2) is 20.5. The van der Waals surface area contributed by atoms with Gasteiger partial charge in [-0.05, 0) is 113 Å². The van der Waals surface area contributed by atoms with E-state index in [-0.39, 0.29) is 55.3 Å². The SMILES string of the molecule is CCC1C=C(C)CC(C)CC(OC)C2OC(O)(C(=O)C(=O)N3CCCCC3C(=O)OC(C(C)=CC3CCC(N=[N+]=[N-])C(O)C3)C(C)CCC1=O)C(C)CC2OC. The number of azide groups is 1. The third-order valence-corrected chi connectivity index (χ3v) is 12.7. The molecule has 2 saturated heterocycles. The van der Waals surface area contributed by atoms with Crippen molar-refractivity contribution >= 4 is 23.4 Å². The largest absolute Gasteiger partial charge is 0.456 e. The summed E-state index contributed by atoms with van der Waals surface area (Å²) in [5.41, 5.74) is 10.7. The Labute approximate surface area is 332 Å². The first kappa shape index (κ1) is 45.6. The van der Waals surface area contributed by atoms with Gasteiger partial charge in [0.05, 0.1) is 24.4 Å². The van der Waals surface area contributed by atoms with E-state index in [9.17, 15) is 29.4 Å². The van der Waals surface area contributed by atoms with Crippen LogP contribution in [-0.4, -0.2) is 108 Å². The fourth-order valence-corrected chi connectivity index (χ4v) is 9.36. The number of hydrogen-bond acceptors (Lipinski definition) is 11. The van der Waals surface area contributed by atoms with Crippen molar-refractivity contribution in [3.05, 3.63) is 33.7 Å². The molecule has 13 unspecified atom stereocenters. The Hall–Kier alpha value is -3.13. The number of nitrogens with zero attached hydrogens (tertiary/aromatic N) is 4. The molecule has 0 radical (unpaired) electrons. The number of carbonyl (C=O) groups excluding carboxylic acids is 4. The van der Waals surface area contributed by atoms with Crippen LogP contribution in [0.4, 0.5) is 0 Å². The van der Waals surface area contributed by atoms with Crippen LogP contribution in [0.5, 0.6) is 0 Å². The highest BCUT2D eigenvalue weighted by atomic mass is 16.7. The number of amides is 1. The lowest BCUT2D eigenvalue weighted by atomic mass is 9.81. The van der Waals surface area contributed by atoms with E-state index >= 15 is 0 Å². The van der Waals surface area contributed by atoms with E-state index < -0.39 is 72.0 Å². The third kappa shape index (κ3) is 10.9. The molecule has 14 heteroatoms. The van der Waals surface area contributed by atoms with Crippen molar-refractivity contribution in [2.75, 3.05) is 20.8 Å². The summed E-state index contributed by atoms with van der Waals surface area (Å²) in [4.78, 5) is 60.4. The second-order valence-corrected chi connectivity index (χ2v) is 17.0. The average molecular weight is 787 g/mol. The van der Waals surface area contributed by atoms with Crippen molar-refractivity contribution in [1.82, 2.24) is 4.90 Å². The van der Waals surface area contributed by atoms with Gasteiger partial charge in [0.25, 0.3) is 11.7 Å².